The molecule has 2 nitrogen and oxygen atoms in total. The lowest BCUT2D eigenvalue weighted by molar-refractivity contribution is 0.151. The summed E-state index contributed by atoms with van der Waals surface area (Å²) in [7, 11) is 1.77. The Morgan fingerprint density at radius 3 is 2.67 bits per heavy atom. The Kier molecular flexibility index (Phi) is 9.66. The van der Waals surface area contributed by atoms with E-state index in [1.165, 1.54) is 17.9 Å². The maximum atomic E-state index is 5.11. The Morgan fingerprint density at radius 1 is 1.33 bits per heavy atom. The van der Waals surface area contributed by atoms with E-state index in [9.17, 15) is 0 Å². The van der Waals surface area contributed by atoms with Gasteiger partial charge in [-0.3, -0.25) is 0 Å². The zero-order valence-corrected chi connectivity index (χ0v) is 11.6. The van der Waals surface area contributed by atoms with Crippen LogP contribution in [0.4, 0.5) is 0 Å². The van der Waals surface area contributed by atoms with Crippen molar-refractivity contribution in [2.75, 3.05) is 38.3 Å². The quantitative estimate of drug-likeness (QED) is 0.586. The standard InChI is InChI=1S/C12H27NOS/c1-5-15-10-6-8-13-11-12(2,3)7-9-14-4/h13H,5-11H2,1-4H3. The molecule has 0 spiro atoms. The molecule has 0 amide bonds. The van der Waals surface area contributed by atoms with Crippen molar-refractivity contribution in [3.63, 3.8) is 0 Å². The molecule has 0 radical (unpaired) electrons. The molecule has 0 aromatic rings. The molecule has 15 heavy (non-hydrogen) atoms. The molecule has 0 fully saturated rings. The van der Waals surface area contributed by atoms with E-state index in [1.54, 1.807) is 7.11 Å². The minimum atomic E-state index is 0.355. The topological polar surface area (TPSA) is 21.3 Å². The van der Waals surface area contributed by atoms with Gasteiger partial charge in [-0.2, -0.15) is 11.8 Å². The number of thioether (sulfide) groups is 1. The predicted octanol–water partition coefficient (Wildman–Crippen LogP) is 2.78. The highest BCUT2D eigenvalue weighted by Crippen LogP contribution is 2.18. The number of nitrogens with one attached hydrogen (secondary N) is 1. The normalized spacial score (nSPS) is 12.0. The van der Waals surface area contributed by atoms with Gasteiger partial charge in [-0.05, 0) is 36.3 Å². The molecular weight excluding hydrogens is 206 g/mol. The Morgan fingerprint density at radius 2 is 2.07 bits per heavy atom. The Labute approximate surface area is 99.5 Å². The summed E-state index contributed by atoms with van der Waals surface area (Å²) in [6, 6.07) is 0. The van der Waals surface area contributed by atoms with Crippen molar-refractivity contribution < 1.29 is 4.74 Å². The van der Waals surface area contributed by atoms with Crippen molar-refractivity contribution in [1.29, 1.82) is 0 Å². The molecule has 0 rings (SSSR count). The van der Waals surface area contributed by atoms with E-state index in [0.29, 0.717) is 5.41 Å². The maximum absolute atomic E-state index is 5.11. The van der Waals surface area contributed by atoms with E-state index in [1.807, 2.05) is 11.8 Å². The largest absolute Gasteiger partial charge is 0.385 e. The molecule has 1 N–H and O–H groups in total. The van der Waals surface area contributed by atoms with Crippen molar-refractivity contribution in [2.24, 2.45) is 5.41 Å². The molecule has 0 aliphatic rings. The van der Waals surface area contributed by atoms with Crippen LogP contribution in [-0.4, -0.2) is 38.3 Å². The number of rotatable bonds is 10. The first-order valence-electron chi connectivity index (χ1n) is 5.90. The van der Waals surface area contributed by atoms with Crippen LogP contribution in [0.25, 0.3) is 0 Å². The van der Waals surface area contributed by atoms with Crippen LogP contribution in [0.5, 0.6) is 0 Å². The first-order valence-corrected chi connectivity index (χ1v) is 7.05. The number of hydrogen-bond donors (Lipinski definition) is 1. The van der Waals surface area contributed by atoms with Gasteiger partial charge in [0.25, 0.3) is 0 Å². The number of ether oxygens (including phenoxy) is 1. The van der Waals surface area contributed by atoms with Gasteiger partial charge < -0.3 is 10.1 Å². The van der Waals surface area contributed by atoms with Gasteiger partial charge in [0.15, 0.2) is 0 Å². The van der Waals surface area contributed by atoms with Crippen LogP contribution in [0.15, 0.2) is 0 Å². The van der Waals surface area contributed by atoms with Gasteiger partial charge in [0.1, 0.15) is 0 Å². The van der Waals surface area contributed by atoms with Crippen LogP contribution in [0.3, 0.4) is 0 Å². The van der Waals surface area contributed by atoms with Crippen molar-refractivity contribution in [3.05, 3.63) is 0 Å². The lowest BCUT2D eigenvalue weighted by Crippen LogP contribution is -2.31. The highest BCUT2D eigenvalue weighted by atomic mass is 32.2. The van der Waals surface area contributed by atoms with Crippen LogP contribution < -0.4 is 5.32 Å². The summed E-state index contributed by atoms with van der Waals surface area (Å²) in [5.41, 5.74) is 0.355. The highest BCUT2D eigenvalue weighted by molar-refractivity contribution is 7.99. The molecule has 0 unspecified atom stereocenters. The summed E-state index contributed by atoms with van der Waals surface area (Å²) in [5.74, 6) is 2.52. The number of hydrogen-bond acceptors (Lipinski definition) is 3. The average molecular weight is 233 g/mol. The molecule has 0 aliphatic carbocycles. The van der Waals surface area contributed by atoms with Crippen molar-refractivity contribution in [1.82, 2.24) is 5.32 Å². The molecule has 0 heterocycles. The summed E-state index contributed by atoms with van der Waals surface area (Å²) < 4.78 is 5.11. The zero-order valence-electron chi connectivity index (χ0n) is 10.8. The van der Waals surface area contributed by atoms with Crippen molar-refractivity contribution >= 4 is 11.8 Å². The fourth-order valence-corrected chi connectivity index (χ4v) is 1.97. The molecule has 0 aromatic carbocycles. The van der Waals surface area contributed by atoms with Crippen LogP contribution in [0, 0.1) is 5.41 Å². The van der Waals surface area contributed by atoms with Gasteiger partial charge >= 0.3 is 0 Å². The smallest absolute Gasteiger partial charge is 0.0467 e. The second-order valence-electron chi connectivity index (χ2n) is 4.63. The molecule has 0 saturated heterocycles. The van der Waals surface area contributed by atoms with E-state index in [-0.39, 0.29) is 0 Å². The molecule has 0 aliphatic heterocycles. The Bertz CT molecular complexity index is 140. The summed E-state index contributed by atoms with van der Waals surface area (Å²) in [4.78, 5) is 0. The maximum Gasteiger partial charge on any atom is 0.0467 e. The molecule has 0 saturated carbocycles. The van der Waals surface area contributed by atoms with Gasteiger partial charge in [0.2, 0.25) is 0 Å². The highest BCUT2D eigenvalue weighted by Gasteiger charge is 2.16. The van der Waals surface area contributed by atoms with Crippen molar-refractivity contribution in [2.45, 2.75) is 33.6 Å². The van der Waals surface area contributed by atoms with E-state index in [4.69, 9.17) is 4.74 Å². The Balaban J connectivity index is 3.32. The fraction of sp³-hybridized carbons (Fsp3) is 1.00. The van der Waals surface area contributed by atoms with E-state index in [2.05, 4.69) is 26.1 Å². The molecular formula is C12H27NOS. The summed E-state index contributed by atoms with van der Waals surface area (Å²) >= 11 is 2.02. The fourth-order valence-electron chi connectivity index (χ4n) is 1.34. The second kappa shape index (κ2) is 9.49. The van der Waals surface area contributed by atoms with Gasteiger partial charge in [-0.1, -0.05) is 20.8 Å². The monoisotopic (exact) mass is 233 g/mol. The van der Waals surface area contributed by atoms with E-state index >= 15 is 0 Å². The van der Waals surface area contributed by atoms with Crippen LogP contribution in [-0.2, 0) is 4.74 Å². The summed E-state index contributed by atoms with van der Waals surface area (Å²) in [5, 5.41) is 3.52. The van der Waals surface area contributed by atoms with Gasteiger partial charge in [-0.15, -0.1) is 0 Å². The lowest BCUT2D eigenvalue weighted by atomic mass is 9.90. The van der Waals surface area contributed by atoms with Gasteiger partial charge in [-0.25, -0.2) is 0 Å². The third kappa shape index (κ3) is 10.6. The molecule has 0 bridgehead atoms. The van der Waals surface area contributed by atoms with E-state index in [0.717, 1.165) is 26.1 Å². The Hall–Kier alpha value is 0.270. The second-order valence-corrected chi connectivity index (χ2v) is 6.03. The lowest BCUT2D eigenvalue weighted by Gasteiger charge is -2.24. The zero-order chi connectivity index (χ0) is 11.6. The van der Waals surface area contributed by atoms with Gasteiger partial charge in [0, 0.05) is 20.3 Å². The SMILES string of the molecule is CCSCCCNCC(C)(C)CCOC. The molecule has 92 valence electrons. The van der Waals surface area contributed by atoms with Crippen LogP contribution in [0.2, 0.25) is 0 Å². The third-order valence-corrected chi connectivity index (χ3v) is 3.42. The minimum Gasteiger partial charge on any atom is -0.385 e. The first-order chi connectivity index (χ1) is 7.12. The number of methoxy groups -OCH3 is 1. The van der Waals surface area contributed by atoms with Crippen molar-refractivity contribution in [3.8, 4) is 0 Å². The predicted molar refractivity (Wildman–Crippen MR) is 70.8 cm³/mol. The first kappa shape index (κ1) is 15.3. The average Bonchev–Trinajstić information content (AvgIpc) is 2.20. The molecule has 0 atom stereocenters. The molecule has 3 heteroatoms. The third-order valence-electron chi connectivity index (χ3n) is 2.43. The van der Waals surface area contributed by atoms with Crippen LogP contribution in [0.1, 0.15) is 33.6 Å². The molecule has 0 aromatic heterocycles. The van der Waals surface area contributed by atoms with Crippen LogP contribution >= 0.6 is 11.8 Å². The van der Waals surface area contributed by atoms with Gasteiger partial charge in [0.05, 0.1) is 0 Å². The minimum absolute atomic E-state index is 0.355. The van der Waals surface area contributed by atoms with E-state index < -0.39 is 0 Å². The summed E-state index contributed by atoms with van der Waals surface area (Å²) in [6.07, 6.45) is 2.40. The summed E-state index contributed by atoms with van der Waals surface area (Å²) in [6.45, 7) is 9.89.